The number of aryl methyl sites for hydroxylation is 2. The van der Waals surface area contributed by atoms with Crippen molar-refractivity contribution in [2.75, 3.05) is 10.6 Å². The lowest BCUT2D eigenvalue weighted by atomic mass is 10.1. The Morgan fingerprint density at radius 3 is 2.29 bits per heavy atom. The van der Waals surface area contributed by atoms with E-state index in [1.54, 1.807) is 6.07 Å². The second-order valence-electron chi connectivity index (χ2n) is 8.22. The normalized spacial score (nSPS) is 11.2. The Bertz CT molecular complexity index is 1520. The van der Waals surface area contributed by atoms with E-state index in [1.165, 1.54) is 18.2 Å². The molecule has 3 N–H and O–H groups in total. The van der Waals surface area contributed by atoms with E-state index in [4.69, 9.17) is 0 Å². The predicted molar refractivity (Wildman–Crippen MR) is 131 cm³/mol. The molecule has 0 aliphatic rings. The quantitative estimate of drug-likeness (QED) is 0.284. The molecule has 0 atom stereocenters. The van der Waals surface area contributed by atoms with Gasteiger partial charge in [0.15, 0.2) is 0 Å². The molecule has 0 spiro atoms. The lowest BCUT2D eigenvalue weighted by Crippen LogP contribution is -2.17. The van der Waals surface area contributed by atoms with E-state index in [2.05, 4.69) is 20.6 Å². The molecule has 5 rings (SSSR count). The molecule has 2 aromatic heterocycles. The second kappa shape index (κ2) is 8.59. The highest BCUT2D eigenvalue weighted by molar-refractivity contribution is 6.12. The zero-order valence-electron chi connectivity index (χ0n) is 18.7. The number of nitrogens with zero attached hydrogens (tertiary/aromatic N) is 1. The van der Waals surface area contributed by atoms with Crippen LogP contribution in [0.1, 0.15) is 27.3 Å². The molecule has 0 saturated carbocycles. The third kappa shape index (κ3) is 3.85. The van der Waals surface area contributed by atoms with E-state index in [-0.39, 0.29) is 23.8 Å². The number of H-pyrrole nitrogens is 1. The zero-order chi connectivity index (χ0) is 23.8. The SMILES string of the molecule is Cc1cccc(C)c1NC(=O)c1cc2c([nH]c3ccccc32)c(CNc2c(F)cccc2F)n1. The fourth-order valence-electron chi connectivity index (χ4n) is 4.18. The van der Waals surface area contributed by atoms with Gasteiger partial charge >= 0.3 is 0 Å². The summed E-state index contributed by atoms with van der Waals surface area (Å²) in [4.78, 5) is 21.1. The molecule has 5 nitrogen and oxygen atoms in total. The van der Waals surface area contributed by atoms with E-state index >= 15 is 0 Å². The van der Waals surface area contributed by atoms with Gasteiger partial charge in [0.2, 0.25) is 0 Å². The molecule has 0 aliphatic heterocycles. The Hall–Kier alpha value is -4.26. The van der Waals surface area contributed by atoms with Gasteiger partial charge < -0.3 is 15.6 Å². The van der Waals surface area contributed by atoms with Crippen LogP contribution in [0.2, 0.25) is 0 Å². The molecule has 3 aromatic carbocycles. The highest BCUT2D eigenvalue weighted by atomic mass is 19.1. The van der Waals surface area contributed by atoms with Crippen LogP contribution in [0.15, 0.2) is 66.7 Å². The van der Waals surface area contributed by atoms with Crippen molar-refractivity contribution in [1.82, 2.24) is 9.97 Å². The molecule has 0 unspecified atom stereocenters. The molecule has 0 bridgehead atoms. The van der Waals surface area contributed by atoms with Gasteiger partial charge in [0, 0.05) is 22.0 Å². The van der Waals surface area contributed by atoms with Crippen molar-refractivity contribution < 1.29 is 13.6 Å². The van der Waals surface area contributed by atoms with Crippen molar-refractivity contribution in [3.05, 3.63) is 101 Å². The van der Waals surface area contributed by atoms with Gasteiger partial charge in [-0.15, -0.1) is 0 Å². The van der Waals surface area contributed by atoms with Crippen LogP contribution in [-0.4, -0.2) is 15.9 Å². The Labute approximate surface area is 194 Å². The Morgan fingerprint density at radius 2 is 1.56 bits per heavy atom. The van der Waals surface area contributed by atoms with Crippen LogP contribution in [0, 0.1) is 25.5 Å². The second-order valence-corrected chi connectivity index (χ2v) is 8.22. The maximum absolute atomic E-state index is 14.2. The van der Waals surface area contributed by atoms with E-state index in [9.17, 15) is 13.6 Å². The summed E-state index contributed by atoms with van der Waals surface area (Å²) in [5.74, 6) is -1.75. The molecule has 0 aliphatic carbocycles. The summed E-state index contributed by atoms with van der Waals surface area (Å²) in [6.45, 7) is 3.88. The number of rotatable bonds is 5. The topological polar surface area (TPSA) is 69.8 Å². The maximum atomic E-state index is 14.2. The third-order valence-corrected chi connectivity index (χ3v) is 5.92. The fraction of sp³-hybridized carbons (Fsp3) is 0.111. The molecule has 1 amide bonds. The van der Waals surface area contributed by atoms with Crippen LogP contribution < -0.4 is 10.6 Å². The summed E-state index contributed by atoms with van der Waals surface area (Å²) in [5.41, 5.74) is 4.66. The lowest BCUT2D eigenvalue weighted by Gasteiger charge is -2.13. The molecule has 0 radical (unpaired) electrons. The average Bonchev–Trinajstić information content (AvgIpc) is 3.20. The third-order valence-electron chi connectivity index (χ3n) is 5.92. The average molecular weight is 456 g/mol. The van der Waals surface area contributed by atoms with Gasteiger partial charge in [-0.1, -0.05) is 42.5 Å². The standard InChI is InChI=1S/C27H22F2N4O/c1-15-7-5-8-16(2)24(15)33-27(34)22-13-18-17-9-3-4-12-21(17)32-25(18)23(31-22)14-30-26-19(28)10-6-11-20(26)29/h3-13,30,32H,14H2,1-2H3,(H,33,34). The highest BCUT2D eigenvalue weighted by Gasteiger charge is 2.18. The minimum Gasteiger partial charge on any atom is -0.375 e. The number of pyridine rings is 1. The monoisotopic (exact) mass is 456 g/mol. The summed E-state index contributed by atoms with van der Waals surface area (Å²) >= 11 is 0. The lowest BCUT2D eigenvalue weighted by molar-refractivity contribution is 0.102. The number of amides is 1. The van der Waals surface area contributed by atoms with E-state index in [1.807, 2.05) is 56.3 Å². The first kappa shape index (κ1) is 21.6. The largest absolute Gasteiger partial charge is 0.375 e. The van der Waals surface area contributed by atoms with Crippen LogP contribution in [0.4, 0.5) is 20.2 Å². The Balaban J connectivity index is 1.59. The summed E-state index contributed by atoms with van der Waals surface area (Å²) < 4.78 is 28.3. The van der Waals surface area contributed by atoms with E-state index in [0.29, 0.717) is 11.2 Å². The first-order chi connectivity index (χ1) is 16.4. The number of carbonyl (C=O) groups excluding carboxylic acids is 1. The van der Waals surface area contributed by atoms with Crippen molar-refractivity contribution >= 4 is 39.1 Å². The van der Waals surface area contributed by atoms with Crippen LogP contribution in [-0.2, 0) is 6.54 Å². The van der Waals surface area contributed by atoms with Gasteiger partial charge in [-0.3, -0.25) is 4.79 Å². The smallest absolute Gasteiger partial charge is 0.274 e. The van der Waals surface area contributed by atoms with Crippen LogP contribution in [0.25, 0.3) is 21.8 Å². The summed E-state index contributed by atoms with van der Waals surface area (Å²) in [6.07, 6.45) is 0. The molecule has 0 fully saturated rings. The van der Waals surface area contributed by atoms with Crippen LogP contribution in [0.3, 0.4) is 0 Å². The van der Waals surface area contributed by atoms with Crippen molar-refractivity contribution in [2.45, 2.75) is 20.4 Å². The number of halogens is 2. The molecular formula is C27H22F2N4O. The van der Waals surface area contributed by atoms with Gasteiger partial charge in [0.25, 0.3) is 5.91 Å². The number of anilines is 2. The van der Waals surface area contributed by atoms with Crippen LogP contribution >= 0.6 is 0 Å². The van der Waals surface area contributed by atoms with Gasteiger partial charge in [-0.05, 0) is 49.2 Å². The molecule has 5 aromatic rings. The minimum absolute atomic E-state index is 0.0195. The zero-order valence-corrected chi connectivity index (χ0v) is 18.7. The van der Waals surface area contributed by atoms with Gasteiger partial charge in [0.05, 0.1) is 17.8 Å². The minimum atomic E-state index is -0.697. The first-order valence-electron chi connectivity index (χ1n) is 10.9. The van der Waals surface area contributed by atoms with Crippen molar-refractivity contribution in [2.24, 2.45) is 0 Å². The summed E-state index contributed by atoms with van der Waals surface area (Å²) in [5, 5.41) is 7.51. The maximum Gasteiger partial charge on any atom is 0.274 e. The number of hydrogen-bond donors (Lipinski definition) is 3. The van der Waals surface area contributed by atoms with Crippen molar-refractivity contribution in [3.63, 3.8) is 0 Å². The van der Waals surface area contributed by atoms with Gasteiger partial charge in [0.1, 0.15) is 23.0 Å². The molecule has 7 heteroatoms. The van der Waals surface area contributed by atoms with Gasteiger partial charge in [-0.25, -0.2) is 13.8 Å². The molecular weight excluding hydrogens is 434 g/mol. The number of aromatic amines is 1. The molecule has 2 heterocycles. The van der Waals surface area contributed by atoms with E-state index < -0.39 is 11.6 Å². The molecule has 34 heavy (non-hydrogen) atoms. The summed E-state index contributed by atoms with van der Waals surface area (Å²) in [7, 11) is 0. The number of hydrogen-bond acceptors (Lipinski definition) is 3. The summed E-state index contributed by atoms with van der Waals surface area (Å²) in [6, 6.07) is 18.9. The van der Waals surface area contributed by atoms with E-state index in [0.717, 1.165) is 33.1 Å². The first-order valence-corrected chi connectivity index (χ1v) is 10.9. The number of fused-ring (bicyclic) bond motifs is 3. The fourth-order valence-corrected chi connectivity index (χ4v) is 4.18. The Morgan fingerprint density at radius 1 is 0.882 bits per heavy atom. The number of nitrogens with one attached hydrogen (secondary N) is 3. The molecule has 0 saturated heterocycles. The van der Waals surface area contributed by atoms with Crippen molar-refractivity contribution in [1.29, 1.82) is 0 Å². The predicted octanol–water partition coefficient (Wildman–Crippen LogP) is 6.48. The van der Waals surface area contributed by atoms with Crippen molar-refractivity contribution in [3.8, 4) is 0 Å². The number of benzene rings is 3. The molecule has 170 valence electrons. The number of carbonyl (C=O) groups is 1. The van der Waals surface area contributed by atoms with Crippen LogP contribution in [0.5, 0.6) is 0 Å². The number of aromatic nitrogens is 2. The number of para-hydroxylation sites is 3. The highest BCUT2D eigenvalue weighted by Crippen LogP contribution is 2.29. The Kier molecular flexibility index (Phi) is 5.45. The van der Waals surface area contributed by atoms with Gasteiger partial charge in [-0.2, -0.15) is 0 Å².